The van der Waals surface area contributed by atoms with Crippen LogP contribution in [-0.4, -0.2) is 68.7 Å². The summed E-state index contributed by atoms with van der Waals surface area (Å²) < 4.78 is 42.2. The molecule has 0 spiro atoms. The minimum absolute atomic E-state index is 0.0185. The van der Waals surface area contributed by atoms with E-state index in [4.69, 9.17) is 21.7 Å². The van der Waals surface area contributed by atoms with Crippen LogP contribution in [0.2, 0.25) is 0 Å². The summed E-state index contributed by atoms with van der Waals surface area (Å²) in [6.45, 7) is 4.34. The van der Waals surface area contributed by atoms with Crippen molar-refractivity contribution < 1.29 is 27.8 Å². The second kappa shape index (κ2) is 9.65. The van der Waals surface area contributed by atoms with Gasteiger partial charge in [0.15, 0.2) is 18.2 Å². The Hall–Kier alpha value is -3.09. The molecule has 2 aliphatic rings. The molecule has 9 nitrogen and oxygen atoms in total. The van der Waals surface area contributed by atoms with Gasteiger partial charge >= 0.3 is 0 Å². The number of carbonyl (C=O) groups excluding carboxylic acids is 2. The van der Waals surface area contributed by atoms with Gasteiger partial charge in [-0.2, -0.15) is 0 Å². The van der Waals surface area contributed by atoms with Crippen molar-refractivity contribution in [1.29, 1.82) is 0 Å². The predicted molar refractivity (Wildman–Crippen MR) is 121 cm³/mol. The van der Waals surface area contributed by atoms with E-state index in [0.717, 1.165) is 0 Å². The van der Waals surface area contributed by atoms with E-state index in [2.05, 4.69) is 15.6 Å². The van der Waals surface area contributed by atoms with Gasteiger partial charge in [0, 0.05) is 30.8 Å². The van der Waals surface area contributed by atoms with Crippen molar-refractivity contribution in [1.82, 2.24) is 25.2 Å². The maximum absolute atomic E-state index is 14.9. The van der Waals surface area contributed by atoms with E-state index in [-0.39, 0.29) is 41.8 Å². The molecule has 1 fully saturated rings. The van der Waals surface area contributed by atoms with Gasteiger partial charge in [-0.3, -0.25) is 9.59 Å². The largest absolute Gasteiger partial charge is 0.368 e. The van der Waals surface area contributed by atoms with Crippen LogP contribution in [0.15, 0.2) is 24.4 Å². The molecule has 0 saturated carbocycles. The minimum Gasteiger partial charge on any atom is -0.368 e. The van der Waals surface area contributed by atoms with Crippen LogP contribution in [0.1, 0.15) is 31.5 Å². The maximum Gasteiger partial charge on any atom is 0.254 e. The zero-order chi connectivity index (χ0) is 24.5. The number of nitrogens with zero attached hydrogens (tertiary/aromatic N) is 4. The Morgan fingerprint density at radius 1 is 1.35 bits per heavy atom. The molecule has 12 heteroatoms. The fourth-order valence-electron chi connectivity index (χ4n) is 3.83. The Morgan fingerprint density at radius 3 is 2.68 bits per heavy atom. The molecule has 0 bridgehead atoms. The third-order valence-electron chi connectivity index (χ3n) is 5.51. The number of hydrogen-bond acceptors (Lipinski definition) is 7. The summed E-state index contributed by atoms with van der Waals surface area (Å²) in [5.41, 5.74) is 0.953. The average molecular weight is 492 g/mol. The monoisotopic (exact) mass is 491 g/mol. The molecule has 4 rings (SSSR count). The molecule has 0 unspecified atom stereocenters. The van der Waals surface area contributed by atoms with Crippen LogP contribution >= 0.6 is 12.2 Å². The number of aldehydes is 1. The van der Waals surface area contributed by atoms with E-state index < -0.39 is 23.5 Å². The van der Waals surface area contributed by atoms with Crippen molar-refractivity contribution in [2.24, 2.45) is 0 Å². The van der Waals surface area contributed by atoms with Crippen molar-refractivity contribution in [2.75, 3.05) is 19.7 Å². The number of carbonyl (C=O) groups is 2. The van der Waals surface area contributed by atoms with E-state index in [0.29, 0.717) is 30.5 Å². The van der Waals surface area contributed by atoms with Crippen LogP contribution in [0.4, 0.5) is 8.78 Å². The first-order chi connectivity index (χ1) is 16.2. The summed E-state index contributed by atoms with van der Waals surface area (Å²) in [4.78, 5) is 24.8. The number of benzene rings is 1. The second-order valence-corrected chi connectivity index (χ2v) is 8.80. The van der Waals surface area contributed by atoms with Gasteiger partial charge in [0.05, 0.1) is 25.0 Å². The van der Waals surface area contributed by atoms with Crippen LogP contribution in [0.3, 0.4) is 0 Å². The molecule has 3 heterocycles. The van der Waals surface area contributed by atoms with E-state index in [9.17, 15) is 18.4 Å². The summed E-state index contributed by atoms with van der Waals surface area (Å²) >= 11 is 4.75. The Morgan fingerprint density at radius 2 is 2.09 bits per heavy atom. The van der Waals surface area contributed by atoms with Gasteiger partial charge in [-0.05, 0) is 25.8 Å². The SMILES string of the molecule is CC1(C)OC[C@@H](C(=O)N2CC=C(c3c(F)cc(-n4cc(CNC(=S)C=O)nn4)cc3F)CC2)O1. The molecule has 1 aromatic heterocycles. The number of amides is 1. The maximum atomic E-state index is 14.9. The zero-order valence-electron chi connectivity index (χ0n) is 18.6. The lowest BCUT2D eigenvalue weighted by molar-refractivity contribution is -0.159. The molecular formula is C22H23F2N5O4S. The number of thiocarbonyl (C=S) groups is 1. The van der Waals surface area contributed by atoms with Gasteiger partial charge in [-0.25, -0.2) is 13.5 Å². The van der Waals surface area contributed by atoms with Crippen LogP contribution in [0, 0.1) is 11.6 Å². The predicted octanol–water partition coefficient (Wildman–Crippen LogP) is 1.93. The van der Waals surface area contributed by atoms with Crippen molar-refractivity contribution in [3.05, 3.63) is 47.3 Å². The lowest BCUT2D eigenvalue weighted by Gasteiger charge is -2.29. The highest BCUT2D eigenvalue weighted by Gasteiger charge is 2.39. The first kappa shape index (κ1) is 24.0. The number of ether oxygens (including phenoxy) is 2. The molecular weight excluding hydrogens is 468 g/mol. The highest BCUT2D eigenvalue weighted by molar-refractivity contribution is 7.81. The summed E-state index contributed by atoms with van der Waals surface area (Å²) in [5, 5.41) is 10.4. The summed E-state index contributed by atoms with van der Waals surface area (Å²) in [7, 11) is 0. The summed E-state index contributed by atoms with van der Waals surface area (Å²) in [6, 6.07) is 2.34. The van der Waals surface area contributed by atoms with Gasteiger partial charge < -0.3 is 19.7 Å². The van der Waals surface area contributed by atoms with E-state index in [1.54, 1.807) is 24.8 Å². The van der Waals surface area contributed by atoms with E-state index in [1.165, 1.54) is 23.0 Å². The highest BCUT2D eigenvalue weighted by atomic mass is 32.1. The lowest BCUT2D eigenvalue weighted by Crippen LogP contribution is -2.43. The first-order valence-corrected chi connectivity index (χ1v) is 11.0. The van der Waals surface area contributed by atoms with Gasteiger partial charge in [-0.15, -0.1) is 5.10 Å². The molecule has 180 valence electrons. The van der Waals surface area contributed by atoms with Crippen molar-refractivity contribution in [3.8, 4) is 5.69 Å². The van der Waals surface area contributed by atoms with Gasteiger partial charge in [0.1, 0.15) is 22.3 Å². The van der Waals surface area contributed by atoms with E-state index in [1.807, 2.05) is 0 Å². The average Bonchev–Trinajstić information content (AvgIpc) is 3.43. The molecule has 0 radical (unpaired) electrons. The summed E-state index contributed by atoms with van der Waals surface area (Å²) in [6.07, 6.45) is 3.24. The summed E-state index contributed by atoms with van der Waals surface area (Å²) in [5.74, 6) is -2.50. The quantitative estimate of drug-likeness (QED) is 0.484. The molecule has 2 aromatic rings. The minimum atomic E-state index is -0.811. The Kier molecular flexibility index (Phi) is 6.82. The third-order valence-corrected chi connectivity index (χ3v) is 5.75. The molecule has 1 aromatic carbocycles. The van der Waals surface area contributed by atoms with Crippen molar-refractivity contribution >= 4 is 35.0 Å². The first-order valence-electron chi connectivity index (χ1n) is 10.6. The zero-order valence-corrected chi connectivity index (χ0v) is 19.4. The van der Waals surface area contributed by atoms with Crippen LogP contribution in [0.5, 0.6) is 0 Å². The second-order valence-electron chi connectivity index (χ2n) is 8.36. The topological polar surface area (TPSA) is 98.6 Å². The Labute approximate surface area is 199 Å². The molecule has 0 aliphatic carbocycles. The number of halogens is 2. The van der Waals surface area contributed by atoms with Gasteiger partial charge in [0.2, 0.25) is 0 Å². The normalized spacial score (nSPS) is 19.6. The van der Waals surface area contributed by atoms with Gasteiger partial charge in [0.25, 0.3) is 5.91 Å². The molecule has 2 aliphatic heterocycles. The number of nitrogens with one attached hydrogen (secondary N) is 1. The fraction of sp³-hybridized carbons (Fsp3) is 0.409. The van der Waals surface area contributed by atoms with Crippen molar-refractivity contribution in [3.63, 3.8) is 0 Å². The van der Waals surface area contributed by atoms with Crippen LogP contribution < -0.4 is 5.32 Å². The smallest absolute Gasteiger partial charge is 0.254 e. The lowest BCUT2D eigenvalue weighted by atomic mass is 9.97. The Balaban J connectivity index is 1.46. The van der Waals surface area contributed by atoms with Gasteiger partial charge in [-0.1, -0.05) is 23.5 Å². The molecule has 1 saturated heterocycles. The molecule has 1 N–H and O–H groups in total. The van der Waals surface area contributed by atoms with Crippen LogP contribution in [0.25, 0.3) is 11.3 Å². The fourth-order valence-corrected chi connectivity index (χ4v) is 3.90. The molecule has 1 amide bonds. The number of rotatable bonds is 6. The number of hydrogen-bond donors (Lipinski definition) is 1. The third kappa shape index (κ3) is 5.18. The molecule has 1 atom stereocenters. The van der Waals surface area contributed by atoms with E-state index >= 15 is 0 Å². The highest BCUT2D eigenvalue weighted by Crippen LogP contribution is 2.30. The Bertz CT molecular complexity index is 1140. The van der Waals surface area contributed by atoms with Crippen molar-refractivity contribution in [2.45, 2.75) is 38.7 Å². The molecule has 34 heavy (non-hydrogen) atoms. The number of aromatic nitrogens is 3. The van der Waals surface area contributed by atoms with Crippen LogP contribution in [-0.2, 0) is 25.6 Å². The standard InChI is InChI=1S/C22H23F2N5O4S/c1-22(2)32-12-18(33-22)21(31)28-5-3-13(4-6-28)20-16(23)7-15(8-17(20)24)29-10-14(26-27-29)9-25-19(34)11-30/h3,7-8,10-11,18H,4-6,9,12H2,1-2H3,(H,25,34)/t18-/m0/s1.